The molecule has 21 heavy (non-hydrogen) atoms. The normalized spacial score (nSPS) is 14.6. The van der Waals surface area contributed by atoms with Gasteiger partial charge in [-0.3, -0.25) is 5.32 Å². The van der Waals surface area contributed by atoms with Crippen molar-refractivity contribution in [2.24, 2.45) is 0 Å². The summed E-state index contributed by atoms with van der Waals surface area (Å²) < 4.78 is 5.02. The number of anilines is 2. The van der Waals surface area contributed by atoms with Crippen LogP contribution in [-0.2, 0) is 6.54 Å². The Kier molecular flexibility index (Phi) is 3.47. The lowest BCUT2D eigenvalue weighted by atomic mass is 10.2. The zero-order valence-corrected chi connectivity index (χ0v) is 12.0. The first-order chi connectivity index (χ1) is 10.1. The summed E-state index contributed by atoms with van der Waals surface area (Å²) in [7, 11) is 1.98. The Balaban J connectivity index is 1.76. The van der Waals surface area contributed by atoms with Crippen molar-refractivity contribution < 1.29 is 9.32 Å². The quantitative estimate of drug-likeness (QED) is 0.866. The van der Waals surface area contributed by atoms with Crippen LogP contribution < -0.4 is 10.2 Å². The fraction of sp³-hybridized carbons (Fsp3) is 0.357. The van der Waals surface area contributed by atoms with Crippen molar-refractivity contribution in [3.8, 4) is 0 Å². The summed E-state index contributed by atoms with van der Waals surface area (Å²) in [6.45, 7) is 3.67. The molecule has 3 rings (SSSR count). The highest BCUT2D eigenvalue weighted by Gasteiger charge is 2.22. The molecule has 0 aromatic carbocycles. The van der Waals surface area contributed by atoms with Crippen molar-refractivity contribution in [3.05, 3.63) is 35.7 Å². The Labute approximate surface area is 122 Å². The summed E-state index contributed by atoms with van der Waals surface area (Å²) in [6.07, 6.45) is 1.77. The van der Waals surface area contributed by atoms with Crippen LogP contribution in [0.1, 0.15) is 11.3 Å². The molecule has 110 valence electrons. The maximum absolute atomic E-state index is 12.3. The molecule has 7 heteroatoms. The van der Waals surface area contributed by atoms with E-state index in [-0.39, 0.29) is 6.03 Å². The molecule has 0 bridgehead atoms. The van der Waals surface area contributed by atoms with E-state index in [2.05, 4.69) is 20.4 Å². The van der Waals surface area contributed by atoms with Gasteiger partial charge in [-0.1, -0.05) is 11.2 Å². The van der Waals surface area contributed by atoms with Crippen molar-refractivity contribution in [1.82, 2.24) is 15.0 Å². The van der Waals surface area contributed by atoms with E-state index in [1.807, 2.05) is 26.1 Å². The van der Waals surface area contributed by atoms with E-state index in [4.69, 9.17) is 4.52 Å². The second-order valence-corrected chi connectivity index (χ2v) is 5.09. The van der Waals surface area contributed by atoms with Gasteiger partial charge in [0.2, 0.25) is 5.88 Å². The zero-order chi connectivity index (χ0) is 14.8. The number of carbonyl (C=O) groups is 1. The Hall–Kier alpha value is -2.57. The molecule has 0 saturated carbocycles. The minimum atomic E-state index is -0.198. The molecule has 3 heterocycles. The number of likely N-dealkylation sites (N-methyl/N-ethyl adjacent to an activating group) is 1. The molecular formula is C14H17N5O2. The second-order valence-electron chi connectivity index (χ2n) is 5.09. The molecule has 1 aliphatic rings. The van der Waals surface area contributed by atoms with E-state index in [1.165, 1.54) is 0 Å². The summed E-state index contributed by atoms with van der Waals surface area (Å²) >= 11 is 0. The van der Waals surface area contributed by atoms with Gasteiger partial charge in [0.25, 0.3) is 0 Å². The van der Waals surface area contributed by atoms with Gasteiger partial charge < -0.3 is 14.3 Å². The summed E-state index contributed by atoms with van der Waals surface area (Å²) in [5.74, 6) is 1.28. The Morgan fingerprint density at radius 2 is 2.29 bits per heavy atom. The number of rotatable bonds is 1. The Morgan fingerprint density at radius 1 is 1.43 bits per heavy atom. The molecule has 1 N–H and O–H groups in total. The van der Waals surface area contributed by atoms with Crippen molar-refractivity contribution in [2.45, 2.75) is 13.5 Å². The average molecular weight is 287 g/mol. The lowest BCUT2D eigenvalue weighted by Crippen LogP contribution is -2.37. The maximum Gasteiger partial charge on any atom is 0.324 e. The predicted octanol–water partition coefficient (Wildman–Crippen LogP) is 1.86. The largest absolute Gasteiger partial charge is 0.358 e. The smallest absolute Gasteiger partial charge is 0.324 e. The summed E-state index contributed by atoms with van der Waals surface area (Å²) in [4.78, 5) is 20.5. The van der Waals surface area contributed by atoms with E-state index in [9.17, 15) is 4.79 Å². The number of aryl methyl sites for hydroxylation is 1. The van der Waals surface area contributed by atoms with Gasteiger partial charge in [-0.2, -0.15) is 0 Å². The number of hydrogen-bond acceptors (Lipinski definition) is 5. The number of nitrogens with zero attached hydrogens (tertiary/aromatic N) is 4. The summed E-state index contributed by atoms with van der Waals surface area (Å²) in [5.41, 5.74) is 1.76. The highest BCUT2D eigenvalue weighted by molar-refractivity contribution is 5.88. The van der Waals surface area contributed by atoms with Crippen molar-refractivity contribution >= 4 is 17.7 Å². The van der Waals surface area contributed by atoms with Crippen molar-refractivity contribution in [3.63, 3.8) is 0 Å². The topological polar surface area (TPSA) is 74.5 Å². The maximum atomic E-state index is 12.3. The number of nitrogens with one attached hydrogen (secondary N) is 1. The highest BCUT2D eigenvalue weighted by Crippen LogP contribution is 2.21. The van der Waals surface area contributed by atoms with Crippen LogP contribution in [0.2, 0.25) is 0 Å². The third-order valence-electron chi connectivity index (χ3n) is 3.44. The first-order valence-electron chi connectivity index (χ1n) is 6.78. The minimum absolute atomic E-state index is 0.198. The fourth-order valence-electron chi connectivity index (χ4n) is 2.34. The zero-order valence-electron chi connectivity index (χ0n) is 12.0. The molecule has 0 saturated heterocycles. The van der Waals surface area contributed by atoms with Crippen LogP contribution in [0.3, 0.4) is 0 Å². The predicted molar refractivity (Wildman–Crippen MR) is 78.2 cm³/mol. The first kappa shape index (κ1) is 13.4. The van der Waals surface area contributed by atoms with E-state index < -0.39 is 0 Å². The van der Waals surface area contributed by atoms with Gasteiger partial charge >= 0.3 is 6.03 Å². The van der Waals surface area contributed by atoms with E-state index >= 15 is 0 Å². The van der Waals surface area contributed by atoms with Crippen LogP contribution in [0.5, 0.6) is 0 Å². The molecule has 0 spiro atoms. The number of carbonyl (C=O) groups excluding carboxylic acids is 1. The molecule has 0 fully saturated rings. The molecule has 0 aliphatic carbocycles. The van der Waals surface area contributed by atoms with Gasteiger partial charge in [-0.05, 0) is 13.0 Å². The number of urea groups is 1. The highest BCUT2D eigenvalue weighted by atomic mass is 16.5. The van der Waals surface area contributed by atoms with Gasteiger partial charge in [0.1, 0.15) is 5.82 Å². The molecule has 2 aromatic heterocycles. The molecular weight excluding hydrogens is 270 g/mol. The van der Waals surface area contributed by atoms with Gasteiger partial charge in [-0.15, -0.1) is 0 Å². The van der Waals surface area contributed by atoms with Crippen LogP contribution in [0.4, 0.5) is 16.5 Å². The molecule has 1 aliphatic heterocycles. The van der Waals surface area contributed by atoms with Crippen LogP contribution in [0.25, 0.3) is 0 Å². The summed E-state index contributed by atoms with van der Waals surface area (Å²) in [5, 5.41) is 6.48. The standard InChI is InChI=1S/C14H17N5O2/c1-10-8-12(21-17-10)16-14(20)19-7-6-18(2)13-11(9-19)4-3-5-15-13/h3-5,8H,6-7,9H2,1-2H3,(H,16,20). The molecule has 2 aromatic rings. The Morgan fingerprint density at radius 3 is 3.05 bits per heavy atom. The van der Waals surface area contributed by atoms with E-state index in [0.717, 1.165) is 23.6 Å². The van der Waals surface area contributed by atoms with Gasteiger partial charge in [0, 0.05) is 38.0 Å². The van der Waals surface area contributed by atoms with Crippen LogP contribution in [0, 0.1) is 6.92 Å². The fourth-order valence-corrected chi connectivity index (χ4v) is 2.34. The van der Waals surface area contributed by atoms with Crippen LogP contribution in [0.15, 0.2) is 28.9 Å². The lowest BCUT2D eigenvalue weighted by molar-refractivity contribution is 0.211. The molecule has 2 amide bonds. The second kappa shape index (κ2) is 5.43. The van der Waals surface area contributed by atoms with Crippen LogP contribution >= 0.6 is 0 Å². The number of hydrogen-bond donors (Lipinski definition) is 1. The SMILES string of the molecule is Cc1cc(NC(=O)N2CCN(C)c3ncccc3C2)on1. The monoisotopic (exact) mass is 287 g/mol. The first-order valence-corrected chi connectivity index (χ1v) is 6.78. The molecule has 0 unspecified atom stereocenters. The molecule has 0 radical (unpaired) electrons. The third kappa shape index (κ3) is 2.81. The van der Waals surface area contributed by atoms with E-state index in [0.29, 0.717) is 19.0 Å². The average Bonchev–Trinajstić information content (AvgIpc) is 2.79. The number of aromatic nitrogens is 2. The minimum Gasteiger partial charge on any atom is -0.358 e. The van der Waals surface area contributed by atoms with Gasteiger partial charge in [0.15, 0.2) is 0 Å². The number of fused-ring (bicyclic) bond motifs is 1. The van der Waals surface area contributed by atoms with E-state index in [1.54, 1.807) is 17.2 Å². The van der Waals surface area contributed by atoms with Gasteiger partial charge in [-0.25, -0.2) is 9.78 Å². The molecule has 7 nitrogen and oxygen atoms in total. The molecule has 0 atom stereocenters. The van der Waals surface area contributed by atoms with Crippen molar-refractivity contribution in [1.29, 1.82) is 0 Å². The lowest BCUT2D eigenvalue weighted by Gasteiger charge is -2.20. The Bertz CT molecular complexity index is 654. The van der Waals surface area contributed by atoms with Crippen molar-refractivity contribution in [2.75, 3.05) is 30.4 Å². The van der Waals surface area contributed by atoms with Gasteiger partial charge in [0.05, 0.1) is 12.2 Å². The van der Waals surface area contributed by atoms with Crippen LogP contribution in [-0.4, -0.2) is 41.2 Å². The summed E-state index contributed by atoms with van der Waals surface area (Å²) in [6, 6.07) is 5.37. The number of pyridine rings is 1. The number of amides is 2. The third-order valence-corrected chi connectivity index (χ3v) is 3.44.